The molecule has 0 radical (unpaired) electrons. The average molecular weight is 392 g/mol. The zero-order valence-electron chi connectivity index (χ0n) is 16.0. The second-order valence-corrected chi connectivity index (χ2v) is 6.08. The highest BCUT2D eigenvalue weighted by Gasteiger charge is 2.11. The molecule has 1 aromatic carbocycles. The van der Waals surface area contributed by atoms with Crippen LogP contribution in [0.25, 0.3) is 0 Å². The summed E-state index contributed by atoms with van der Waals surface area (Å²) in [6.45, 7) is 2.11. The van der Waals surface area contributed by atoms with E-state index in [1.807, 2.05) is 6.92 Å². The maximum atomic E-state index is 12.2. The molecule has 0 saturated carbocycles. The van der Waals surface area contributed by atoms with Gasteiger partial charge in [-0.2, -0.15) is 0 Å². The van der Waals surface area contributed by atoms with E-state index in [1.165, 1.54) is 19.5 Å². The Morgan fingerprint density at radius 1 is 1.07 bits per heavy atom. The van der Waals surface area contributed by atoms with Gasteiger partial charge in [-0.25, -0.2) is 9.78 Å². The molecule has 2 heterocycles. The van der Waals surface area contributed by atoms with E-state index in [4.69, 9.17) is 4.74 Å². The molecule has 9 heteroatoms. The highest BCUT2D eigenvalue weighted by atomic mass is 16.5. The van der Waals surface area contributed by atoms with Gasteiger partial charge >= 0.3 is 6.03 Å². The van der Waals surface area contributed by atoms with E-state index >= 15 is 0 Å². The second kappa shape index (κ2) is 9.27. The highest BCUT2D eigenvalue weighted by molar-refractivity contribution is 6.00. The lowest BCUT2D eigenvalue weighted by Crippen LogP contribution is -2.23. The number of amides is 3. The largest absolute Gasteiger partial charge is 0.495 e. The van der Waals surface area contributed by atoms with Gasteiger partial charge in [0.2, 0.25) is 0 Å². The quantitative estimate of drug-likeness (QED) is 0.594. The number of hydrogen-bond acceptors (Lipinski definition) is 6. The van der Waals surface area contributed by atoms with Crippen LogP contribution in [-0.4, -0.2) is 34.0 Å². The fourth-order valence-corrected chi connectivity index (χ4v) is 2.46. The lowest BCUT2D eigenvalue weighted by Gasteiger charge is -2.13. The molecule has 0 unspecified atom stereocenters. The minimum Gasteiger partial charge on any atom is -0.495 e. The summed E-state index contributed by atoms with van der Waals surface area (Å²) in [7, 11) is 1.50. The standard InChI is InChI=1S/C20H20N6O3/c1-13-9-23-18(12-22-13)26-20(28)25-16-6-5-14(8-17(16)29-2)10-24-19(27)15-4-3-7-21-11-15/h3-9,11-12H,10H2,1-2H3,(H,24,27)(H2,23,25,26,28). The maximum absolute atomic E-state index is 12.2. The van der Waals surface area contributed by atoms with Crippen molar-refractivity contribution in [3.8, 4) is 5.75 Å². The summed E-state index contributed by atoms with van der Waals surface area (Å²) < 4.78 is 5.35. The van der Waals surface area contributed by atoms with E-state index in [2.05, 4.69) is 30.9 Å². The summed E-state index contributed by atoms with van der Waals surface area (Å²) in [6, 6.07) is 8.14. The molecule has 29 heavy (non-hydrogen) atoms. The molecule has 0 aliphatic heterocycles. The molecule has 9 nitrogen and oxygen atoms in total. The number of aromatic nitrogens is 3. The first-order valence-corrected chi connectivity index (χ1v) is 8.77. The van der Waals surface area contributed by atoms with Crippen LogP contribution in [0.3, 0.4) is 0 Å². The summed E-state index contributed by atoms with van der Waals surface area (Å²) >= 11 is 0. The molecule has 0 atom stereocenters. The van der Waals surface area contributed by atoms with Crippen molar-refractivity contribution >= 4 is 23.4 Å². The van der Waals surface area contributed by atoms with Gasteiger partial charge in [0.1, 0.15) is 5.75 Å². The van der Waals surface area contributed by atoms with E-state index in [-0.39, 0.29) is 5.91 Å². The number of anilines is 2. The van der Waals surface area contributed by atoms with Gasteiger partial charge in [0.05, 0.1) is 36.4 Å². The van der Waals surface area contributed by atoms with Crippen molar-refractivity contribution in [1.29, 1.82) is 0 Å². The van der Waals surface area contributed by atoms with E-state index in [0.29, 0.717) is 29.4 Å². The summed E-state index contributed by atoms with van der Waals surface area (Å²) in [4.78, 5) is 36.4. The number of hydrogen-bond donors (Lipinski definition) is 3. The molecule has 2 aromatic heterocycles. The SMILES string of the molecule is COc1cc(CNC(=O)c2cccnc2)ccc1NC(=O)Nc1cnc(C)cn1. The first-order chi connectivity index (χ1) is 14.0. The Bertz CT molecular complexity index is 993. The number of carbonyl (C=O) groups excluding carboxylic acids is 2. The average Bonchev–Trinajstić information content (AvgIpc) is 2.75. The number of aryl methyl sites for hydroxylation is 1. The number of carbonyl (C=O) groups is 2. The zero-order chi connectivity index (χ0) is 20.6. The Morgan fingerprint density at radius 2 is 1.93 bits per heavy atom. The van der Waals surface area contributed by atoms with Gasteiger partial charge in [0.15, 0.2) is 5.82 Å². The van der Waals surface area contributed by atoms with Crippen LogP contribution in [0.4, 0.5) is 16.3 Å². The Labute approximate surface area is 167 Å². The second-order valence-electron chi connectivity index (χ2n) is 6.08. The van der Waals surface area contributed by atoms with Crippen LogP contribution in [0.15, 0.2) is 55.1 Å². The van der Waals surface area contributed by atoms with Gasteiger partial charge in [-0.3, -0.25) is 20.1 Å². The molecule has 0 bridgehead atoms. The first kappa shape index (κ1) is 19.7. The van der Waals surface area contributed by atoms with Gasteiger partial charge in [0, 0.05) is 18.9 Å². The Balaban J connectivity index is 1.61. The number of methoxy groups -OCH3 is 1. The number of rotatable bonds is 6. The van der Waals surface area contributed by atoms with Crippen molar-refractivity contribution in [3.63, 3.8) is 0 Å². The Kier molecular flexibility index (Phi) is 6.31. The van der Waals surface area contributed by atoms with Crippen molar-refractivity contribution in [3.05, 3.63) is 71.9 Å². The van der Waals surface area contributed by atoms with Gasteiger partial charge in [0.25, 0.3) is 5.91 Å². The zero-order valence-corrected chi connectivity index (χ0v) is 16.0. The van der Waals surface area contributed by atoms with Crippen molar-refractivity contribution in [2.75, 3.05) is 17.7 Å². The summed E-state index contributed by atoms with van der Waals surface area (Å²) in [5.41, 5.74) is 2.53. The predicted molar refractivity (Wildman–Crippen MR) is 108 cm³/mol. The third-order valence-corrected chi connectivity index (χ3v) is 3.91. The summed E-state index contributed by atoms with van der Waals surface area (Å²) in [5.74, 6) is 0.572. The normalized spacial score (nSPS) is 10.1. The molecular weight excluding hydrogens is 372 g/mol. The number of nitrogens with zero attached hydrogens (tertiary/aromatic N) is 3. The van der Waals surface area contributed by atoms with E-state index in [9.17, 15) is 9.59 Å². The molecule has 0 fully saturated rings. The van der Waals surface area contributed by atoms with Gasteiger partial charge in [-0.05, 0) is 36.8 Å². The van der Waals surface area contributed by atoms with Crippen molar-refractivity contribution in [2.45, 2.75) is 13.5 Å². The smallest absolute Gasteiger partial charge is 0.324 e. The minimum absolute atomic E-state index is 0.224. The third kappa shape index (κ3) is 5.48. The van der Waals surface area contributed by atoms with Gasteiger partial charge in [-0.1, -0.05) is 6.07 Å². The highest BCUT2D eigenvalue weighted by Crippen LogP contribution is 2.25. The predicted octanol–water partition coefficient (Wildman–Crippen LogP) is 2.76. The molecule has 0 spiro atoms. The number of nitrogens with one attached hydrogen (secondary N) is 3. The lowest BCUT2D eigenvalue weighted by atomic mass is 10.1. The van der Waals surface area contributed by atoms with Crippen LogP contribution < -0.4 is 20.7 Å². The monoisotopic (exact) mass is 392 g/mol. The fourth-order valence-electron chi connectivity index (χ4n) is 2.46. The van der Waals surface area contributed by atoms with Crippen LogP contribution in [0, 0.1) is 6.92 Å². The van der Waals surface area contributed by atoms with Crippen molar-refractivity contribution < 1.29 is 14.3 Å². The van der Waals surface area contributed by atoms with Crippen LogP contribution in [0.2, 0.25) is 0 Å². The maximum Gasteiger partial charge on any atom is 0.324 e. The van der Waals surface area contributed by atoms with Crippen LogP contribution in [0.1, 0.15) is 21.6 Å². The number of pyridine rings is 1. The molecule has 0 aliphatic carbocycles. The minimum atomic E-state index is -0.473. The van der Waals surface area contributed by atoms with Crippen molar-refractivity contribution in [2.24, 2.45) is 0 Å². The molecule has 3 amide bonds. The Hall–Kier alpha value is -4.01. The molecule has 3 rings (SSSR count). The molecule has 148 valence electrons. The van der Waals surface area contributed by atoms with Gasteiger partial charge < -0.3 is 15.4 Å². The van der Waals surface area contributed by atoms with Gasteiger partial charge in [-0.15, -0.1) is 0 Å². The fraction of sp³-hybridized carbons (Fsp3) is 0.150. The summed E-state index contributed by atoms with van der Waals surface area (Å²) in [5, 5.41) is 8.12. The third-order valence-electron chi connectivity index (χ3n) is 3.91. The van der Waals surface area contributed by atoms with Crippen molar-refractivity contribution in [1.82, 2.24) is 20.3 Å². The molecule has 3 aromatic rings. The molecule has 3 N–H and O–H groups in total. The molecular formula is C20H20N6O3. The summed E-state index contributed by atoms with van der Waals surface area (Å²) in [6.07, 6.45) is 6.14. The van der Waals surface area contributed by atoms with Crippen LogP contribution in [0.5, 0.6) is 5.75 Å². The first-order valence-electron chi connectivity index (χ1n) is 8.77. The topological polar surface area (TPSA) is 118 Å². The number of ether oxygens (including phenoxy) is 1. The Morgan fingerprint density at radius 3 is 2.62 bits per heavy atom. The van der Waals surface area contributed by atoms with Crippen LogP contribution >= 0.6 is 0 Å². The number of urea groups is 1. The molecule has 0 aliphatic rings. The van der Waals surface area contributed by atoms with E-state index < -0.39 is 6.03 Å². The van der Waals surface area contributed by atoms with E-state index in [0.717, 1.165) is 11.3 Å². The number of benzene rings is 1. The lowest BCUT2D eigenvalue weighted by molar-refractivity contribution is 0.0950. The molecule has 0 saturated heterocycles. The van der Waals surface area contributed by atoms with Crippen LogP contribution in [-0.2, 0) is 6.54 Å². The van der Waals surface area contributed by atoms with E-state index in [1.54, 1.807) is 42.7 Å².